The molecule has 0 atom stereocenters. The number of hydrogen-bond acceptors (Lipinski definition) is 3. The molecular formula is C20H18O3. The topological polar surface area (TPSA) is 38.7 Å². The van der Waals surface area contributed by atoms with Crippen molar-refractivity contribution in [1.82, 2.24) is 0 Å². The summed E-state index contributed by atoms with van der Waals surface area (Å²) in [7, 11) is 0. The van der Waals surface area contributed by atoms with E-state index in [-0.39, 0.29) is 5.75 Å². The van der Waals surface area contributed by atoms with Gasteiger partial charge in [-0.25, -0.2) is 0 Å². The number of hydrogen-bond donors (Lipinski definition) is 1. The minimum atomic E-state index is 0.153. The first kappa shape index (κ1) is 15.0. The summed E-state index contributed by atoms with van der Waals surface area (Å²) in [5.74, 6) is 1.30. The highest BCUT2D eigenvalue weighted by molar-refractivity contribution is 5.45. The third-order valence-electron chi connectivity index (χ3n) is 3.40. The van der Waals surface area contributed by atoms with E-state index < -0.39 is 0 Å². The number of phenols is 1. The molecule has 23 heavy (non-hydrogen) atoms. The van der Waals surface area contributed by atoms with E-state index in [1.807, 2.05) is 60.7 Å². The van der Waals surface area contributed by atoms with Gasteiger partial charge in [-0.2, -0.15) is 0 Å². The smallest absolute Gasteiger partial charge is 0.165 e. The van der Waals surface area contributed by atoms with Crippen molar-refractivity contribution in [2.75, 3.05) is 0 Å². The summed E-state index contributed by atoms with van der Waals surface area (Å²) in [6.45, 7) is 0.874. The molecule has 0 amide bonds. The van der Waals surface area contributed by atoms with Crippen molar-refractivity contribution < 1.29 is 14.6 Å². The first-order valence-electron chi connectivity index (χ1n) is 7.48. The Balaban J connectivity index is 1.70. The summed E-state index contributed by atoms with van der Waals surface area (Å²) >= 11 is 0. The molecule has 0 aliphatic carbocycles. The number of benzene rings is 3. The summed E-state index contributed by atoms with van der Waals surface area (Å²) in [5.41, 5.74) is 2.14. The Hall–Kier alpha value is -2.94. The van der Waals surface area contributed by atoms with Crippen LogP contribution in [0.1, 0.15) is 11.1 Å². The van der Waals surface area contributed by atoms with Gasteiger partial charge in [0.05, 0.1) is 0 Å². The average Bonchev–Trinajstić information content (AvgIpc) is 2.61. The van der Waals surface area contributed by atoms with Gasteiger partial charge >= 0.3 is 0 Å². The Morgan fingerprint density at radius 2 is 1.13 bits per heavy atom. The molecule has 1 N–H and O–H groups in total. The van der Waals surface area contributed by atoms with Gasteiger partial charge in [-0.05, 0) is 23.3 Å². The van der Waals surface area contributed by atoms with Crippen molar-refractivity contribution in [2.45, 2.75) is 13.2 Å². The first-order valence-corrected chi connectivity index (χ1v) is 7.48. The van der Waals surface area contributed by atoms with Crippen molar-refractivity contribution in [2.24, 2.45) is 0 Å². The van der Waals surface area contributed by atoms with Crippen molar-refractivity contribution in [3.8, 4) is 17.2 Å². The van der Waals surface area contributed by atoms with Crippen LogP contribution in [0.15, 0.2) is 78.9 Å². The number of ether oxygens (including phenoxy) is 2. The largest absolute Gasteiger partial charge is 0.508 e. The quantitative estimate of drug-likeness (QED) is 0.726. The van der Waals surface area contributed by atoms with Crippen LogP contribution < -0.4 is 9.47 Å². The SMILES string of the molecule is Oc1ccc(OCc2ccccc2)c(OCc2ccccc2)c1. The molecule has 0 spiro atoms. The highest BCUT2D eigenvalue weighted by Crippen LogP contribution is 2.32. The summed E-state index contributed by atoms with van der Waals surface area (Å²) in [5, 5.41) is 9.68. The normalized spacial score (nSPS) is 10.3. The molecule has 0 saturated carbocycles. The molecule has 0 aliphatic heterocycles. The van der Waals surface area contributed by atoms with Gasteiger partial charge in [0.1, 0.15) is 19.0 Å². The number of aromatic hydroxyl groups is 1. The average molecular weight is 306 g/mol. The van der Waals surface area contributed by atoms with Gasteiger partial charge in [-0.1, -0.05) is 60.7 Å². The first-order chi connectivity index (χ1) is 11.3. The molecule has 3 heteroatoms. The molecule has 0 heterocycles. The molecule has 0 fully saturated rings. The predicted octanol–water partition coefficient (Wildman–Crippen LogP) is 4.55. The molecule has 3 aromatic rings. The summed E-state index contributed by atoms with van der Waals surface area (Å²) in [6, 6.07) is 24.7. The van der Waals surface area contributed by atoms with Crippen LogP contribution in [0.25, 0.3) is 0 Å². The van der Waals surface area contributed by atoms with Gasteiger partial charge in [0.25, 0.3) is 0 Å². The van der Waals surface area contributed by atoms with E-state index in [4.69, 9.17) is 9.47 Å². The highest BCUT2D eigenvalue weighted by atomic mass is 16.5. The monoisotopic (exact) mass is 306 g/mol. The van der Waals surface area contributed by atoms with E-state index in [0.717, 1.165) is 11.1 Å². The molecule has 0 aliphatic rings. The van der Waals surface area contributed by atoms with Gasteiger partial charge in [0.2, 0.25) is 0 Å². The second-order valence-electron chi connectivity index (χ2n) is 5.18. The second-order valence-corrected chi connectivity index (χ2v) is 5.18. The lowest BCUT2D eigenvalue weighted by atomic mass is 10.2. The van der Waals surface area contributed by atoms with Gasteiger partial charge in [0, 0.05) is 6.07 Å². The van der Waals surface area contributed by atoms with Crippen molar-refractivity contribution in [3.63, 3.8) is 0 Å². The Morgan fingerprint density at radius 1 is 0.609 bits per heavy atom. The second kappa shape index (κ2) is 7.36. The van der Waals surface area contributed by atoms with Crippen LogP contribution in [-0.2, 0) is 13.2 Å². The highest BCUT2D eigenvalue weighted by Gasteiger charge is 2.07. The zero-order chi connectivity index (χ0) is 15.9. The van der Waals surface area contributed by atoms with Crippen LogP contribution in [0, 0.1) is 0 Å². The van der Waals surface area contributed by atoms with Crippen molar-refractivity contribution in [3.05, 3.63) is 90.0 Å². The minimum Gasteiger partial charge on any atom is -0.508 e. The third-order valence-corrected chi connectivity index (χ3v) is 3.40. The Morgan fingerprint density at radius 3 is 1.70 bits per heavy atom. The third kappa shape index (κ3) is 4.27. The molecule has 0 radical (unpaired) electrons. The number of rotatable bonds is 6. The van der Waals surface area contributed by atoms with Crippen LogP contribution in [0.4, 0.5) is 0 Å². The van der Waals surface area contributed by atoms with Crippen LogP contribution >= 0.6 is 0 Å². The molecule has 0 saturated heterocycles. The molecule has 0 unspecified atom stereocenters. The predicted molar refractivity (Wildman–Crippen MR) is 89.7 cm³/mol. The lowest BCUT2D eigenvalue weighted by molar-refractivity contribution is 0.254. The maximum atomic E-state index is 9.68. The Labute approximate surface area is 135 Å². The zero-order valence-corrected chi connectivity index (χ0v) is 12.7. The van der Waals surface area contributed by atoms with Crippen molar-refractivity contribution >= 4 is 0 Å². The fourth-order valence-electron chi connectivity index (χ4n) is 2.20. The van der Waals surface area contributed by atoms with E-state index in [1.165, 1.54) is 0 Å². The van der Waals surface area contributed by atoms with Crippen LogP contribution in [-0.4, -0.2) is 5.11 Å². The Kier molecular flexibility index (Phi) is 4.79. The zero-order valence-electron chi connectivity index (χ0n) is 12.7. The minimum absolute atomic E-state index is 0.153. The fraction of sp³-hybridized carbons (Fsp3) is 0.100. The van der Waals surface area contributed by atoms with Crippen LogP contribution in [0.2, 0.25) is 0 Å². The van der Waals surface area contributed by atoms with Gasteiger partial charge in [-0.3, -0.25) is 0 Å². The van der Waals surface area contributed by atoms with Gasteiger partial charge < -0.3 is 14.6 Å². The molecular weight excluding hydrogens is 288 g/mol. The van der Waals surface area contributed by atoms with E-state index in [1.54, 1.807) is 18.2 Å². The molecule has 116 valence electrons. The van der Waals surface area contributed by atoms with Crippen molar-refractivity contribution in [1.29, 1.82) is 0 Å². The van der Waals surface area contributed by atoms with Crippen LogP contribution in [0.5, 0.6) is 17.2 Å². The molecule has 3 rings (SSSR count). The molecule has 3 aromatic carbocycles. The Bertz CT molecular complexity index is 739. The lowest BCUT2D eigenvalue weighted by Gasteiger charge is -2.13. The molecule has 0 aromatic heterocycles. The number of phenolic OH excluding ortho intramolecular Hbond substituents is 1. The summed E-state index contributed by atoms with van der Waals surface area (Å²) in [6.07, 6.45) is 0. The summed E-state index contributed by atoms with van der Waals surface area (Å²) in [4.78, 5) is 0. The van der Waals surface area contributed by atoms with Gasteiger partial charge in [-0.15, -0.1) is 0 Å². The summed E-state index contributed by atoms with van der Waals surface area (Å²) < 4.78 is 11.6. The standard InChI is InChI=1S/C20H18O3/c21-18-11-12-19(22-14-16-7-3-1-4-8-16)20(13-18)23-15-17-9-5-2-6-10-17/h1-13,21H,14-15H2. The van der Waals surface area contributed by atoms with Gasteiger partial charge in [0.15, 0.2) is 11.5 Å². The lowest BCUT2D eigenvalue weighted by Crippen LogP contribution is -2.00. The maximum absolute atomic E-state index is 9.68. The van der Waals surface area contributed by atoms with E-state index in [2.05, 4.69) is 0 Å². The molecule has 0 bridgehead atoms. The van der Waals surface area contributed by atoms with E-state index in [0.29, 0.717) is 24.7 Å². The van der Waals surface area contributed by atoms with E-state index >= 15 is 0 Å². The van der Waals surface area contributed by atoms with Crippen LogP contribution in [0.3, 0.4) is 0 Å². The molecule has 3 nitrogen and oxygen atoms in total. The fourth-order valence-corrected chi connectivity index (χ4v) is 2.20. The maximum Gasteiger partial charge on any atom is 0.165 e. The van der Waals surface area contributed by atoms with E-state index in [9.17, 15) is 5.11 Å².